The summed E-state index contributed by atoms with van der Waals surface area (Å²) < 4.78 is 5.37. The van der Waals surface area contributed by atoms with Crippen LogP contribution in [0.1, 0.15) is 31.2 Å². The molecule has 2 aliphatic rings. The summed E-state index contributed by atoms with van der Waals surface area (Å²) in [6, 6.07) is 5.81. The molecule has 1 N–H and O–H groups in total. The zero-order valence-corrected chi connectivity index (χ0v) is 12.2. The molecule has 1 aromatic rings. The molecule has 0 radical (unpaired) electrons. The summed E-state index contributed by atoms with van der Waals surface area (Å²) in [5, 5.41) is 4.37. The maximum atomic E-state index is 6.05. The van der Waals surface area contributed by atoms with Gasteiger partial charge in [-0.15, -0.1) is 0 Å². The fraction of sp³-hybridized carbons (Fsp3) is 0.625. The minimum Gasteiger partial charge on any atom is -0.496 e. The Balaban J connectivity index is 1.53. The molecule has 3 rings (SSSR count). The predicted octanol–water partition coefficient (Wildman–Crippen LogP) is 3.87. The van der Waals surface area contributed by atoms with Crippen LogP contribution in [0.25, 0.3) is 0 Å². The second-order valence-electron chi connectivity index (χ2n) is 6.02. The SMILES string of the molecule is COc1ccc(Cl)cc1CNCC1CC2CCC1C2. The quantitative estimate of drug-likeness (QED) is 0.883. The third-order valence-corrected chi connectivity index (χ3v) is 5.08. The van der Waals surface area contributed by atoms with E-state index in [1.165, 1.54) is 25.7 Å². The molecule has 2 fully saturated rings. The van der Waals surface area contributed by atoms with Crippen molar-refractivity contribution >= 4 is 11.6 Å². The molecule has 104 valence electrons. The van der Waals surface area contributed by atoms with E-state index < -0.39 is 0 Å². The van der Waals surface area contributed by atoms with Crippen molar-refractivity contribution in [3.8, 4) is 5.75 Å². The molecule has 2 bridgehead atoms. The lowest BCUT2D eigenvalue weighted by molar-refractivity contribution is 0.317. The fourth-order valence-corrected chi connectivity index (χ4v) is 4.10. The Bertz CT molecular complexity index is 448. The molecule has 3 unspecified atom stereocenters. The highest BCUT2D eigenvalue weighted by Gasteiger charge is 2.38. The van der Waals surface area contributed by atoms with Gasteiger partial charge in [0.1, 0.15) is 5.75 Å². The van der Waals surface area contributed by atoms with Crippen LogP contribution >= 0.6 is 11.6 Å². The highest BCUT2D eigenvalue weighted by Crippen LogP contribution is 2.47. The smallest absolute Gasteiger partial charge is 0.123 e. The van der Waals surface area contributed by atoms with E-state index in [1.54, 1.807) is 7.11 Å². The van der Waals surface area contributed by atoms with Gasteiger partial charge in [-0.2, -0.15) is 0 Å². The number of hydrogen-bond acceptors (Lipinski definition) is 2. The first-order valence-electron chi connectivity index (χ1n) is 7.29. The number of hydrogen-bond donors (Lipinski definition) is 1. The van der Waals surface area contributed by atoms with Crippen LogP contribution in [0.4, 0.5) is 0 Å². The summed E-state index contributed by atoms with van der Waals surface area (Å²) >= 11 is 6.05. The molecule has 1 aromatic carbocycles. The third-order valence-electron chi connectivity index (χ3n) is 4.85. The highest BCUT2D eigenvalue weighted by atomic mass is 35.5. The molecule has 3 atom stereocenters. The third kappa shape index (κ3) is 2.90. The van der Waals surface area contributed by atoms with Crippen molar-refractivity contribution in [3.63, 3.8) is 0 Å². The minimum atomic E-state index is 0.775. The van der Waals surface area contributed by atoms with E-state index in [-0.39, 0.29) is 0 Å². The van der Waals surface area contributed by atoms with Crippen LogP contribution in [0.3, 0.4) is 0 Å². The first-order chi connectivity index (χ1) is 9.26. The van der Waals surface area contributed by atoms with Gasteiger partial charge in [-0.1, -0.05) is 18.0 Å². The summed E-state index contributed by atoms with van der Waals surface area (Å²) in [6.45, 7) is 1.98. The van der Waals surface area contributed by atoms with E-state index >= 15 is 0 Å². The van der Waals surface area contributed by atoms with Gasteiger partial charge in [0.2, 0.25) is 0 Å². The van der Waals surface area contributed by atoms with Gasteiger partial charge in [-0.3, -0.25) is 0 Å². The van der Waals surface area contributed by atoms with E-state index in [2.05, 4.69) is 5.32 Å². The number of rotatable bonds is 5. The lowest BCUT2D eigenvalue weighted by Gasteiger charge is -2.22. The lowest BCUT2D eigenvalue weighted by atomic mass is 9.89. The number of methoxy groups -OCH3 is 1. The summed E-state index contributed by atoms with van der Waals surface area (Å²) in [5.74, 6) is 3.82. The topological polar surface area (TPSA) is 21.3 Å². The lowest BCUT2D eigenvalue weighted by Crippen LogP contribution is -2.26. The number of nitrogens with one attached hydrogen (secondary N) is 1. The van der Waals surface area contributed by atoms with Gasteiger partial charge in [-0.25, -0.2) is 0 Å². The Labute approximate surface area is 120 Å². The van der Waals surface area contributed by atoms with Gasteiger partial charge in [0, 0.05) is 17.1 Å². The Morgan fingerprint density at radius 1 is 1.32 bits per heavy atom. The van der Waals surface area contributed by atoms with E-state index in [9.17, 15) is 0 Å². The van der Waals surface area contributed by atoms with Crippen molar-refractivity contribution < 1.29 is 4.74 Å². The van der Waals surface area contributed by atoms with Gasteiger partial charge in [-0.05, 0) is 61.8 Å². The zero-order valence-electron chi connectivity index (χ0n) is 11.5. The molecule has 0 amide bonds. The molecule has 3 heteroatoms. The number of halogens is 1. The van der Waals surface area contributed by atoms with E-state index in [0.717, 1.165) is 47.2 Å². The average molecular weight is 280 g/mol. The second kappa shape index (κ2) is 5.72. The van der Waals surface area contributed by atoms with Crippen molar-refractivity contribution in [2.45, 2.75) is 32.2 Å². The number of benzene rings is 1. The molecule has 0 aromatic heterocycles. The first-order valence-corrected chi connectivity index (χ1v) is 7.67. The molecule has 0 saturated heterocycles. The fourth-order valence-electron chi connectivity index (χ4n) is 3.90. The average Bonchev–Trinajstić information content (AvgIpc) is 3.01. The Morgan fingerprint density at radius 2 is 2.21 bits per heavy atom. The van der Waals surface area contributed by atoms with Crippen molar-refractivity contribution in [3.05, 3.63) is 28.8 Å². The van der Waals surface area contributed by atoms with Crippen molar-refractivity contribution in [1.82, 2.24) is 5.32 Å². The largest absolute Gasteiger partial charge is 0.496 e. The molecule has 0 aliphatic heterocycles. The Morgan fingerprint density at radius 3 is 2.89 bits per heavy atom. The van der Waals surface area contributed by atoms with Crippen LogP contribution in [-0.4, -0.2) is 13.7 Å². The molecule has 2 nitrogen and oxygen atoms in total. The van der Waals surface area contributed by atoms with Crippen LogP contribution in [0.15, 0.2) is 18.2 Å². The molecule has 0 spiro atoms. The minimum absolute atomic E-state index is 0.775. The second-order valence-corrected chi connectivity index (χ2v) is 6.46. The molecule has 0 heterocycles. The highest BCUT2D eigenvalue weighted by molar-refractivity contribution is 6.30. The standard InChI is InChI=1S/C16H22ClNO/c1-19-16-5-4-15(17)8-14(16)10-18-9-13-7-11-2-3-12(13)6-11/h4-5,8,11-13,18H,2-3,6-7,9-10H2,1H3. The zero-order chi connectivity index (χ0) is 13.2. The first kappa shape index (κ1) is 13.3. The summed E-state index contributed by atoms with van der Waals surface area (Å²) in [7, 11) is 1.71. The maximum Gasteiger partial charge on any atom is 0.123 e. The van der Waals surface area contributed by atoms with Gasteiger partial charge in [0.25, 0.3) is 0 Å². The van der Waals surface area contributed by atoms with Crippen molar-refractivity contribution in [1.29, 1.82) is 0 Å². The Hall–Kier alpha value is -0.730. The van der Waals surface area contributed by atoms with Crippen LogP contribution in [0.2, 0.25) is 5.02 Å². The Kier molecular flexibility index (Phi) is 3.99. The van der Waals surface area contributed by atoms with Crippen molar-refractivity contribution in [2.75, 3.05) is 13.7 Å². The van der Waals surface area contributed by atoms with Gasteiger partial charge >= 0.3 is 0 Å². The summed E-state index contributed by atoms with van der Waals surface area (Å²) in [4.78, 5) is 0. The number of ether oxygens (including phenoxy) is 1. The summed E-state index contributed by atoms with van der Waals surface area (Å²) in [6.07, 6.45) is 5.85. The van der Waals surface area contributed by atoms with Crippen LogP contribution < -0.4 is 10.1 Å². The number of fused-ring (bicyclic) bond motifs is 2. The van der Waals surface area contributed by atoms with Gasteiger partial charge in [0.15, 0.2) is 0 Å². The monoisotopic (exact) mass is 279 g/mol. The van der Waals surface area contributed by atoms with E-state index in [0.29, 0.717) is 0 Å². The molecule has 19 heavy (non-hydrogen) atoms. The normalized spacial score (nSPS) is 28.8. The van der Waals surface area contributed by atoms with Gasteiger partial charge < -0.3 is 10.1 Å². The van der Waals surface area contributed by atoms with E-state index in [1.807, 2.05) is 18.2 Å². The van der Waals surface area contributed by atoms with Gasteiger partial charge in [0.05, 0.1) is 7.11 Å². The van der Waals surface area contributed by atoms with Crippen LogP contribution in [-0.2, 0) is 6.54 Å². The predicted molar refractivity (Wildman–Crippen MR) is 78.6 cm³/mol. The molecular weight excluding hydrogens is 258 g/mol. The van der Waals surface area contributed by atoms with Crippen LogP contribution in [0.5, 0.6) is 5.75 Å². The maximum absolute atomic E-state index is 6.05. The molecule has 2 aliphatic carbocycles. The molecule has 2 saturated carbocycles. The summed E-state index contributed by atoms with van der Waals surface area (Å²) in [5.41, 5.74) is 1.15. The van der Waals surface area contributed by atoms with E-state index in [4.69, 9.17) is 16.3 Å². The van der Waals surface area contributed by atoms with Crippen LogP contribution in [0, 0.1) is 17.8 Å². The van der Waals surface area contributed by atoms with Crippen molar-refractivity contribution in [2.24, 2.45) is 17.8 Å². The molecular formula is C16H22ClNO.